The Morgan fingerprint density at radius 1 is 1.10 bits per heavy atom. The first-order valence-electron chi connectivity index (χ1n) is 9.66. The molecule has 0 aliphatic carbocycles. The van der Waals surface area contributed by atoms with Crippen LogP contribution in [0, 0.1) is 17.0 Å². The topological polar surface area (TPSA) is 78.2 Å². The van der Waals surface area contributed by atoms with Crippen LogP contribution in [0.5, 0.6) is 0 Å². The molecule has 0 fully saturated rings. The minimum absolute atomic E-state index is 0.0112. The Morgan fingerprint density at radius 3 is 2.48 bits per heavy atom. The van der Waals surface area contributed by atoms with Crippen LogP contribution >= 0.6 is 22.9 Å². The third-order valence-electron chi connectivity index (χ3n) is 4.95. The van der Waals surface area contributed by atoms with Gasteiger partial charge >= 0.3 is 5.82 Å². The van der Waals surface area contributed by atoms with Crippen molar-refractivity contribution in [3.8, 4) is 11.3 Å². The van der Waals surface area contributed by atoms with E-state index in [9.17, 15) is 10.1 Å². The molecule has 0 saturated carbocycles. The Kier molecular flexibility index (Phi) is 6.29. The van der Waals surface area contributed by atoms with Crippen molar-refractivity contribution in [1.82, 2.24) is 14.1 Å². The summed E-state index contributed by atoms with van der Waals surface area (Å²) in [6.07, 6.45) is 1.30. The average molecular weight is 454 g/mol. The molecule has 2 heterocycles. The normalized spacial score (nSPS) is 11.7. The van der Waals surface area contributed by atoms with Crippen molar-refractivity contribution in [2.24, 2.45) is 4.99 Å². The lowest BCUT2D eigenvalue weighted by atomic mass is 10.1. The van der Waals surface area contributed by atoms with E-state index in [1.165, 1.54) is 17.5 Å². The van der Waals surface area contributed by atoms with Crippen molar-refractivity contribution < 1.29 is 4.92 Å². The van der Waals surface area contributed by atoms with Gasteiger partial charge in [-0.05, 0) is 28.2 Å². The van der Waals surface area contributed by atoms with Gasteiger partial charge in [0.1, 0.15) is 12.7 Å². The molecule has 0 saturated heterocycles. The molecule has 9 heteroatoms. The highest BCUT2D eigenvalue weighted by Gasteiger charge is 2.18. The van der Waals surface area contributed by atoms with E-state index in [1.807, 2.05) is 54.6 Å². The third-order valence-corrected chi connectivity index (χ3v) is 6.12. The fourth-order valence-corrected chi connectivity index (χ4v) is 4.45. The minimum Gasteiger partial charge on any atom is -0.358 e. The van der Waals surface area contributed by atoms with Gasteiger partial charge in [-0.2, -0.15) is 0 Å². The van der Waals surface area contributed by atoms with Crippen molar-refractivity contribution in [3.05, 3.63) is 92.5 Å². The van der Waals surface area contributed by atoms with Crippen molar-refractivity contribution in [2.75, 3.05) is 0 Å². The molecule has 0 radical (unpaired) electrons. The molecule has 0 N–H and O–H groups in total. The van der Waals surface area contributed by atoms with E-state index in [2.05, 4.69) is 14.9 Å². The number of hydrogen-bond acceptors (Lipinski definition) is 5. The lowest BCUT2D eigenvalue weighted by Gasteiger charge is -2.10. The lowest BCUT2D eigenvalue weighted by molar-refractivity contribution is -0.392. The molecular formula is C22H20ClN5O2S. The fourth-order valence-electron chi connectivity index (χ4n) is 3.32. The van der Waals surface area contributed by atoms with E-state index >= 15 is 0 Å². The second-order valence-electron chi connectivity index (χ2n) is 6.91. The molecular weight excluding hydrogens is 434 g/mol. The maximum Gasteiger partial charge on any atom is 0.342 e. The van der Waals surface area contributed by atoms with Gasteiger partial charge in [-0.15, -0.1) is 22.9 Å². The Balaban J connectivity index is 1.76. The van der Waals surface area contributed by atoms with Gasteiger partial charge in [-0.1, -0.05) is 42.5 Å². The van der Waals surface area contributed by atoms with Gasteiger partial charge in [0.05, 0.1) is 17.9 Å². The van der Waals surface area contributed by atoms with Gasteiger partial charge in [0.25, 0.3) is 0 Å². The number of imidazole rings is 1. The number of aromatic nitrogens is 3. The van der Waals surface area contributed by atoms with Gasteiger partial charge in [0, 0.05) is 18.2 Å². The van der Waals surface area contributed by atoms with Crippen LogP contribution in [0.15, 0.2) is 71.2 Å². The predicted molar refractivity (Wildman–Crippen MR) is 123 cm³/mol. The number of nitrogens with zero attached hydrogens (tertiary/aromatic N) is 5. The molecule has 0 spiro atoms. The standard InChI is InChI=1S/C22H20ClN5O2S/c1-16-24-14-21(28(29)30)26(16)11-12-27-20(18-9-7-17(13-23)8-10-18)15-31-22(27)25-19-5-3-2-4-6-19/h2-10,14-15H,11-13H2,1H3. The number of rotatable bonds is 7. The number of alkyl halides is 1. The van der Waals surface area contributed by atoms with Crippen LogP contribution in [0.1, 0.15) is 11.4 Å². The van der Waals surface area contributed by atoms with Crippen LogP contribution in [-0.2, 0) is 19.0 Å². The highest BCUT2D eigenvalue weighted by molar-refractivity contribution is 7.07. The van der Waals surface area contributed by atoms with Crippen molar-refractivity contribution in [2.45, 2.75) is 25.9 Å². The Morgan fingerprint density at radius 2 is 1.81 bits per heavy atom. The lowest BCUT2D eigenvalue weighted by Crippen LogP contribution is -2.20. The molecule has 2 aromatic heterocycles. The maximum absolute atomic E-state index is 11.4. The number of nitro groups is 1. The third kappa shape index (κ3) is 4.60. The molecule has 2 aromatic carbocycles. The Labute approximate surface area is 188 Å². The van der Waals surface area contributed by atoms with Gasteiger partial charge < -0.3 is 14.7 Å². The summed E-state index contributed by atoms with van der Waals surface area (Å²) in [6.45, 7) is 2.69. The zero-order valence-electron chi connectivity index (χ0n) is 16.8. The molecule has 0 atom stereocenters. The molecule has 4 rings (SSSR count). The summed E-state index contributed by atoms with van der Waals surface area (Å²) in [4.78, 5) is 20.7. The first kappa shape index (κ1) is 21.0. The number of hydrogen-bond donors (Lipinski definition) is 0. The molecule has 0 aliphatic heterocycles. The summed E-state index contributed by atoms with van der Waals surface area (Å²) in [7, 11) is 0. The number of halogens is 1. The van der Waals surface area contributed by atoms with Gasteiger partial charge in [0.15, 0.2) is 10.6 Å². The summed E-state index contributed by atoms with van der Waals surface area (Å²) in [6, 6.07) is 17.8. The number of para-hydroxylation sites is 1. The highest BCUT2D eigenvalue weighted by Crippen LogP contribution is 2.23. The summed E-state index contributed by atoms with van der Waals surface area (Å²) < 4.78 is 3.72. The van der Waals surface area contributed by atoms with Gasteiger partial charge in [-0.25, -0.2) is 14.5 Å². The summed E-state index contributed by atoms with van der Waals surface area (Å²) in [5.74, 6) is 1.06. The van der Waals surface area contributed by atoms with Crippen molar-refractivity contribution in [3.63, 3.8) is 0 Å². The second-order valence-corrected chi connectivity index (χ2v) is 8.01. The van der Waals surface area contributed by atoms with Crippen LogP contribution in [0.3, 0.4) is 0 Å². The summed E-state index contributed by atoms with van der Waals surface area (Å²) in [5.41, 5.74) is 3.94. The van der Waals surface area contributed by atoms with E-state index in [1.54, 1.807) is 11.5 Å². The number of benzene rings is 2. The van der Waals surface area contributed by atoms with E-state index in [4.69, 9.17) is 16.6 Å². The zero-order valence-corrected chi connectivity index (χ0v) is 18.4. The van der Waals surface area contributed by atoms with Crippen LogP contribution < -0.4 is 4.80 Å². The van der Waals surface area contributed by atoms with Crippen molar-refractivity contribution >= 4 is 34.4 Å². The molecule has 0 amide bonds. The molecule has 31 heavy (non-hydrogen) atoms. The second kappa shape index (κ2) is 9.28. The smallest absolute Gasteiger partial charge is 0.342 e. The zero-order chi connectivity index (χ0) is 21.8. The number of thiazole rings is 1. The first-order chi connectivity index (χ1) is 15.1. The van der Waals surface area contributed by atoms with E-state index in [0.29, 0.717) is 24.8 Å². The minimum atomic E-state index is -0.403. The van der Waals surface area contributed by atoms with Crippen LogP contribution in [0.25, 0.3) is 11.3 Å². The molecule has 7 nitrogen and oxygen atoms in total. The van der Waals surface area contributed by atoms with Gasteiger partial charge in [-0.3, -0.25) is 0 Å². The van der Waals surface area contributed by atoms with E-state index < -0.39 is 4.92 Å². The molecule has 0 unspecified atom stereocenters. The van der Waals surface area contributed by atoms with Crippen LogP contribution in [-0.4, -0.2) is 19.0 Å². The Hall–Kier alpha value is -3.23. The molecule has 0 bridgehead atoms. The van der Waals surface area contributed by atoms with Gasteiger partial charge in [0.2, 0.25) is 0 Å². The highest BCUT2D eigenvalue weighted by atomic mass is 35.5. The van der Waals surface area contributed by atoms with E-state index in [0.717, 1.165) is 27.3 Å². The predicted octanol–water partition coefficient (Wildman–Crippen LogP) is 5.30. The quantitative estimate of drug-likeness (QED) is 0.216. The molecule has 4 aromatic rings. The van der Waals surface area contributed by atoms with E-state index in [-0.39, 0.29) is 5.82 Å². The largest absolute Gasteiger partial charge is 0.358 e. The average Bonchev–Trinajstić information content (AvgIpc) is 3.36. The van der Waals surface area contributed by atoms with Crippen molar-refractivity contribution in [1.29, 1.82) is 0 Å². The summed E-state index contributed by atoms with van der Waals surface area (Å²) >= 11 is 7.47. The van der Waals surface area contributed by atoms with Crippen LogP contribution in [0.4, 0.5) is 11.5 Å². The number of aryl methyl sites for hydroxylation is 1. The molecule has 0 aliphatic rings. The van der Waals surface area contributed by atoms with Crippen LogP contribution in [0.2, 0.25) is 0 Å². The Bertz CT molecular complexity index is 1260. The fraction of sp³-hybridized carbons (Fsp3) is 0.182. The monoisotopic (exact) mass is 453 g/mol. The first-order valence-corrected chi connectivity index (χ1v) is 11.1. The molecule has 158 valence electrons. The maximum atomic E-state index is 11.4. The summed E-state index contributed by atoms with van der Waals surface area (Å²) in [5, 5.41) is 13.4. The SMILES string of the molecule is Cc1ncc([N+](=O)[O-])n1CCn1c(-c2ccc(CCl)cc2)csc1=Nc1ccccc1.